The maximum absolute atomic E-state index is 8.11. The molecule has 0 atom stereocenters. The van der Waals surface area contributed by atoms with E-state index in [1.807, 2.05) is 0 Å². The second-order valence-corrected chi connectivity index (χ2v) is 4.28. The molecule has 0 aromatic carbocycles. The van der Waals surface area contributed by atoms with Gasteiger partial charge in [-0.2, -0.15) is 4.89 Å². The maximum Gasteiger partial charge on any atom is 0.106 e. The normalized spacial score (nSPS) is 12.0. The second kappa shape index (κ2) is 10.0. The highest BCUT2D eigenvalue weighted by Gasteiger charge is 2.28. The zero-order chi connectivity index (χ0) is 12.3. The van der Waals surface area contributed by atoms with Gasteiger partial charge in [-0.15, -0.1) is 0 Å². The summed E-state index contributed by atoms with van der Waals surface area (Å²) in [6.07, 6.45) is 8.80. The van der Waals surface area contributed by atoms with Crippen molar-refractivity contribution < 1.29 is 20.2 Å². The fourth-order valence-corrected chi connectivity index (χ4v) is 1.90. The third-order valence-corrected chi connectivity index (χ3v) is 3.27. The average molecular weight is 234 g/mol. The van der Waals surface area contributed by atoms with Crippen LogP contribution in [0, 0.1) is 0 Å². The fourth-order valence-electron chi connectivity index (χ4n) is 1.90. The van der Waals surface area contributed by atoms with Crippen molar-refractivity contribution >= 4 is 0 Å². The standard InChI is InChI=1S/C12H26O4/c1-4-7-8-9-10-11-12(5-2,6-3)14-16-15-13/h13H,4-11H2,1-3H3. The molecule has 0 spiro atoms. The third-order valence-electron chi connectivity index (χ3n) is 3.27. The molecule has 0 rings (SSSR count). The van der Waals surface area contributed by atoms with E-state index in [4.69, 9.17) is 10.1 Å². The molecule has 0 fully saturated rings. The molecule has 0 aliphatic heterocycles. The first-order chi connectivity index (χ1) is 7.74. The zero-order valence-corrected chi connectivity index (χ0v) is 10.8. The van der Waals surface area contributed by atoms with Crippen molar-refractivity contribution in [2.75, 3.05) is 0 Å². The van der Waals surface area contributed by atoms with Gasteiger partial charge in [0, 0.05) is 0 Å². The number of unbranched alkanes of at least 4 members (excludes halogenated alkanes) is 4. The summed E-state index contributed by atoms with van der Waals surface area (Å²) in [5, 5.41) is 15.9. The van der Waals surface area contributed by atoms with Gasteiger partial charge in [0.25, 0.3) is 0 Å². The van der Waals surface area contributed by atoms with E-state index in [2.05, 4.69) is 30.8 Å². The molecular weight excluding hydrogens is 208 g/mol. The van der Waals surface area contributed by atoms with Gasteiger partial charge >= 0.3 is 0 Å². The van der Waals surface area contributed by atoms with Crippen molar-refractivity contribution in [3.05, 3.63) is 0 Å². The Morgan fingerprint density at radius 1 is 0.938 bits per heavy atom. The van der Waals surface area contributed by atoms with E-state index in [1.165, 1.54) is 25.7 Å². The van der Waals surface area contributed by atoms with Gasteiger partial charge in [0.1, 0.15) is 5.60 Å². The van der Waals surface area contributed by atoms with E-state index in [0.717, 1.165) is 25.7 Å². The van der Waals surface area contributed by atoms with Gasteiger partial charge < -0.3 is 0 Å². The molecule has 0 radical (unpaired) electrons. The monoisotopic (exact) mass is 234 g/mol. The summed E-state index contributed by atoms with van der Waals surface area (Å²) in [4.78, 5) is 5.11. The lowest BCUT2D eigenvalue weighted by molar-refractivity contribution is -0.642. The average Bonchev–Trinajstić information content (AvgIpc) is 2.33. The van der Waals surface area contributed by atoms with E-state index in [0.29, 0.717) is 0 Å². The Balaban J connectivity index is 3.82. The summed E-state index contributed by atoms with van der Waals surface area (Å²) < 4.78 is 0. The van der Waals surface area contributed by atoms with Crippen LogP contribution in [0.1, 0.15) is 72.1 Å². The van der Waals surface area contributed by atoms with Gasteiger partial charge in [0.05, 0.1) is 0 Å². The maximum atomic E-state index is 8.11. The van der Waals surface area contributed by atoms with Crippen LogP contribution in [0.5, 0.6) is 0 Å². The Morgan fingerprint density at radius 3 is 2.06 bits per heavy atom. The third kappa shape index (κ3) is 6.43. The van der Waals surface area contributed by atoms with E-state index in [9.17, 15) is 0 Å². The molecule has 4 nitrogen and oxygen atoms in total. The molecule has 4 heteroatoms. The number of rotatable bonds is 11. The van der Waals surface area contributed by atoms with Crippen molar-refractivity contribution in [3.8, 4) is 0 Å². The first-order valence-electron chi connectivity index (χ1n) is 6.40. The SMILES string of the molecule is CCCCCCCC(CC)(CC)OOOO. The minimum absolute atomic E-state index is 0.324. The summed E-state index contributed by atoms with van der Waals surface area (Å²) in [5.41, 5.74) is -0.324. The molecule has 0 heterocycles. The van der Waals surface area contributed by atoms with Gasteiger partial charge in [0.2, 0.25) is 0 Å². The summed E-state index contributed by atoms with van der Waals surface area (Å²) in [5.74, 6) is 0. The predicted molar refractivity (Wildman–Crippen MR) is 62.6 cm³/mol. The molecule has 0 unspecified atom stereocenters. The highest BCUT2D eigenvalue weighted by molar-refractivity contribution is 4.75. The molecular formula is C12H26O4. The largest absolute Gasteiger partial charge is 0.219 e. The number of hydrogen-bond donors (Lipinski definition) is 1. The first kappa shape index (κ1) is 15.8. The summed E-state index contributed by atoms with van der Waals surface area (Å²) >= 11 is 0. The Hall–Kier alpha value is -0.160. The van der Waals surface area contributed by atoms with E-state index in [1.54, 1.807) is 0 Å². The highest BCUT2D eigenvalue weighted by Crippen LogP contribution is 2.27. The second-order valence-electron chi connectivity index (χ2n) is 4.28. The van der Waals surface area contributed by atoms with Crippen LogP contribution < -0.4 is 0 Å². The van der Waals surface area contributed by atoms with Crippen LogP contribution in [0.4, 0.5) is 0 Å². The first-order valence-corrected chi connectivity index (χ1v) is 6.40. The van der Waals surface area contributed by atoms with Crippen LogP contribution in [0.2, 0.25) is 0 Å². The lowest BCUT2D eigenvalue weighted by Crippen LogP contribution is -2.31. The Morgan fingerprint density at radius 2 is 1.56 bits per heavy atom. The van der Waals surface area contributed by atoms with Crippen LogP contribution in [0.15, 0.2) is 0 Å². The van der Waals surface area contributed by atoms with Gasteiger partial charge in [0.15, 0.2) is 0 Å². The quantitative estimate of drug-likeness (QED) is 0.329. The molecule has 16 heavy (non-hydrogen) atoms. The molecule has 0 bridgehead atoms. The van der Waals surface area contributed by atoms with Gasteiger partial charge in [-0.05, 0) is 29.3 Å². The van der Waals surface area contributed by atoms with E-state index in [-0.39, 0.29) is 5.60 Å². The van der Waals surface area contributed by atoms with E-state index < -0.39 is 0 Å². The fraction of sp³-hybridized carbons (Fsp3) is 1.00. The topological polar surface area (TPSA) is 47.9 Å². The predicted octanol–water partition coefficient (Wildman–Crippen LogP) is 4.26. The van der Waals surface area contributed by atoms with Crippen LogP contribution >= 0.6 is 0 Å². The van der Waals surface area contributed by atoms with Crippen molar-refractivity contribution in [2.45, 2.75) is 77.7 Å². The van der Waals surface area contributed by atoms with Crippen LogP contribution in [0.25, 0.3) is 0 Å². The molecule has 0 aliphatic carbocycles. The lowest BCUT2D eigenvalue weighted by atomic mass is 9.90. The van der Waals surface area contributed by atoms with Crippen LogP contribution in [-0.4, -0.2) is 10.9 Å². The van der Waals surface area contributed by atoms with Crippen LogP contribution in [-0.2, 0) is 15.0 Å². The minimum Gasteiger partial charge on any atom is -0.219 e. The van der Waals surface area contributed by atoms with E-state index >= 15 is 0 Å². The number of hydrogen-bond acceptors (Lipinski definition) is 4. The summed E-state index contributed by atoms with van der Waals surface area (Å²) in [6, 6.07) is 0. The van der Waals surface area contributed by atoms with Gasteiger partial charge in [-0.3, -0.25) is 0 Å². The Labute approximate surface area is 98.7 Å². The molecule has 0 saturated heterocycles. The summed E-state index contributed by atoms with van der Waals surface area (Å²) in [6.45, 7) is 6.31. The Bertz CT molecular complexity index is 146. The molecule has 0 aromatic heterocycles. The molecule has 0 aliphatic rings. The van der Waals surface area contributed by atoms with Crippen molar-refractivity contribution in [2.24, 2.45) is 0 Å². The molecule has 98 valence electrons. The smallest absolute Gasteiger partial charge is 0.106 e. The van der Waals surface area contributed by atoms with Crippen molar-refractivity contribution in [3.63, 3.8) is 0 Å². The summed E-state index contributed by atoms with van der Waals surface area (Å²) in [7, 11) is 0. The van der Waals surface area contributed by atoms with Gasteiger partial charge in [-0.25, -0.2) is 5.26 Å². The van der Waals surface area contributed by atoms with Crippen molar-refractivity contribution in [1.82, 2.24) is 0 Å². The molecule has 1 N–H and O–H groups in total. The van der Waals surface area contributed by atoms with Crippen molar-refractivity contribution in [1.29, 1.82) is 0 Å². The van der Waals surface area contributed by atoms with Crippen LogP contribution in [0.3, 0.4) is 0 Å². The van der Waals surface area contributed by atoms with Gasteiger partial charge in [-0.1, -0.05) is 52.9 Å². The molecule has 0 saturated carbocycles. The minimum atomic E-state index is -0.324. The zero-order valence-electron chi connectivity index (χ0n) is 10.8. The molecule has 0 amide bonds. The molecule has 0 aromatic rings. The highest BCUT2D eigenvalue weighted by atomic mass is 17.6. The lowest BCUT2D eigenvalue weighted by Gasteiger charge is -2.28. The Kier molecular flexibility index (Phi) is 9.92.